The molecule has 0 saturated carbocycles. The van der Waals surface area contributed by atoms with Gasteiger partial charge in [0, 0.05) is 18.5 Å². The van der Waals surface area contributed by atoms with E-state index in [4.69, 9.17) is 24.1 Å². The third-order valence-electron chi connectivity index (χ3n) is 5.85. The number of piperidine rings is 1. The number of ketones is 2. The number of hydrogen-bond donors (Lipinski definition) is 3. The number of rotatable bonds is 19. The van der Waals surface area contributed by atoms with Crippen molar-refractivity contribution in [1.29, 1.82) is 0 Å². The number of nitrogens with one attached hydrogen (secondary N) is 2. The minimum Gasteiger partial charge on any atom is -0.483 e. The Balaban J connectivity index is 1.78. The summed E-state index contributed by atoms with van der Waals surface area (Å²) in [6, 6.07) is 4.49. The quantitative estimate of drug-likeness (QED) is 0.0927. The number of imide groups is 1. The zero-order valence-corrected chi connectivity index (χ0v) is 23.2. The number of hydrogen-bond acceptors (Lipinski definition) is 10. The summed E-state index contributed by atoms with van der Waals surface area (Å²) in [5, 5.41) is 13.4. The van der Waals surface area contributed by atoms with Gasteiger partial charge in [-0.3, -0.25) is 34.1 Å². The number of benzene rings is 1. The maximum atomic E-state index is 13.2. The van der Waals surface area contributed by atoms with Crippen molar-refractivity contribution in [3.8, 4) is 5.75 Å². The van der Waals surface area contributed by atoms with Crippen LogP contribution in [0.4, 0.5) is 0 Å². The summed E-state index contributed by atoms with van der Waals surface area (Å²) < 4.78 is 21.3. The number of ether oxygens (including phenoxy) is 4. The second kappa shape index (κ2) is 17.7. The van der Waals surface area contributed by atoms with E-state index in [9.17, 15) is 28.8 Å². The summed E-state index contributed by atoms with van der Waals surface area (Å²) >= 11 is 0. The standard InChI is InChI=1S/C28H36N2O11/c1-18(16-20-6-7-23(32)30-28(20)37)27(36)21-4-3-5-22(26(21)19(2)31)41-17-24(33)29-9-11-39-13-15-40-14-12-38-10-8-25(34)35/h3-5,16,20H,6-15,17H2,1-2H3,(H,29,33)(H,34,35)(H,30,32,37)/b18-16-. The van der Waals surface area contributed by atoms with Gasteiger partial charge in [0.15, 0.2) is 18.2 Å². The molecule has 1 atom stereocenters. The Labute approximate surface area is 237 Å². The summed E-state index contributed by atoms with van der Waals surface area (Å²) in [4.78, 5) is 71.6. The Kier molecular flexibility index (Phi) is 14.4. The van der Waals surface area contributed by atoms with Crippen LogP contribution in [0.15, 0.2) is 29.8 Å². The van der Waals surface area contributed by atoms with Crippen LogP contribution in [0.2, 0.25) is 0 Å². The summed E-state index contributed by atoms with van der Waals surface area (Å²) in [7, 11) is 0. The van der Waals surface area contributed by atoms with E-state index in [0.717, 1.165) is 0 Å². The molecule has 0 aliphatic carbocycles. The number of carbonyl (C=O) groups excluding carboxylic acids is 5. The highest BCUT2D eigenvalue weighted by Crippen LogP contribution is 2.26. The van der Waals surface area contributed by atoms with Gasteiger partial charge in [0.1, 0.15) is 5.75 Å². The molecule has 1 aliphatic heterocycles. The number of carbonyl (C=O) groups is 6. The fourth-order valence-corrected chi connectivity index (χ4v) is 3.82. The van der Waals surface area contributed by atoms with Crippen LogP contribution < -0.4 is 15.4 Å². The predicted octanol–water partition coefficient (Wildman–Crippen LogP) is 1.09. The topological polar surface area (TPSA) is 184 Å². The molecule has 13 nitrogen and oxygen atoms in total. The van der Waals surface area contributed by atoms with E-state index in [1.54, 1.807) is 0 Å². The van der Waals surface area contributed by atoms with Gasteiger partial charge in [0.25, 0.3) is 5.91 Å². The lowest BCUT2D eigenvalue weighted by Gasteiger charge is -2.18. The van der Waals surface area contributed by atoms with E-state index < -0.39 is 41.9 Å². The van der Waals surface area contributed by atoms with Gasteiger partial charge < -0.3 is 29.4 Å². The predicted molar refractivity (Wildman–Crippen MR) is 144 cm³/mol. The molecule has 0 spiro atoms. The lowest BCUT2D eigenvalue weighted by molar-refractivity contribution is -0.138. The Bertz CT molecular complexity index is 1150. The van der Waals surface area contributed by atoms with Crippen LogP contribution in [0.1, 0.15) is 53.8 Å². The molecule has 13 heteroatoms. The molecule has 1 unspecified atom stereocenters. The first-order valence-corrected chi connectivity index (χ1v) is 13.2. The van der Waals surface area contributed by atoms with Crippen molar-refractivity contribution < 1.29 is 52.8 Å². The highest BCUT2D eigenvalue weighted by Gasteiger charge is 2.27. The van der Waals surface area contributed by atoms with Crippen molar-refractivity contribution in [2.45, 2.75) is 33.1 Å². The third kappa shape index (κ3) is 12.0. The van der Waals surface area contributed by atoms with Crippen LogP contribution in [0.3, 0.4) is 0 Å². The second-order valence-electron chi connectivity index (χ2n) is 9.09. The molecule has 0 radical (unpaired) electrons. The molecule has 1 aromatic rings. The van der Waals surface area contributed by atoms with Gasteiger partial charge in [0.05, 0.1) is 57.5 Å². The third-order valence-corrected chi connectivity index (χ3v) is 5.85. The number of amides is 3. The molecule has 1 saturated heterocycles. The van der Waals surface area contributed by atoms with E-state index >= 15 is 0 Å². The first-order chi connectivity index (χ1) is 19.6. The molecule has 1 heterocycles. The Morgan fingerprint density at radius 2 is 1.66 bits per heavy atom. The SMILES string of the molecule is CC(=O)c1c(OCC(=O)NCCOCCOCCOCCC(=O)O)cccc1C(=O)/C(C)=C\C1CCC(=O)NC1=O. The van der Waals surface area contributed by atoms with Crippen molar-refractivity contribution in [3.05, 3.63) is 41.0 Å². The average Bonchev–Trinajstić information content (AvgIpc) is 2.93. The summed E-state index contributed by atoms with van der Waals surface area (Å²) in [6.45, 7) is 4.18. The van der Waals surface area contributed by atoms with Crippen LogP contribution in [-0.4, -0.2) is 93.2 Å². The molecule has 3 N–H and O–H groups in total. The number of allylic oxidation sites excluding steroid dienone is 1. The molecule has 0 bridgehead atoms. The van der Waals surface area contributed by atoms with Crippen LogP contribution >= 0.6 is 0 Å². The van der Waals surface area contributed by atoms with Crippen molar-refractivity contribution in [1.82, 2.24) is 10.6 Å². The van der Waals surface area contributed by atoms with Crippen LogP contribution in [0.25, 0.3) is 0 Å². The first kappa shape index (κ1) is 33.3. The van der Waals surface area contributed by atoms with Gasteiger partial charge in [-0.1, -0.05) is 18.2 Å². The fraction of sp³-hybridized carbons (Fsp3) is 0.500. The monoisotopic (exact) mass is 576 g/mol. The zero-order valence-electron chi connectivity index (χ0n) is 23.2. The molecular formula is C28H36N2O11. The van der Waals surface area contributed by atoms with Crippen LogP contribution in [0, 0.1) is 5.92 Å². The highest BCUT2D eigenvalue weighted by atomic mass is 16.5. The summed E-state index contributed by atoms with van der Waals surface area (Å²) in [6.07, 6.45) is 1.89. The fourth-order valence-electron chi connectivity index (χ4n) is 3.82. The minimum absolute atomic E-state index is 0.0249. The molecule has 224 valence electrons. The Morgan fingerprint density at radius 1 is 1.00 bits per heavy atom. The molecule has 1 aromatic carbocycles. The van der Waals surface area contributed by atoms with Gasteiger partial charge in [-0.05, 0) is 31.9 Å². The highest BCUT2D eigenvalue weighted by molar-refractivity contribution is 6.16. The van der Waals surface area contributed by atoms with Gasteiger partial charge >= 0.3 is 5.97 Å². The lowest BCUT2D eigenvalue weighted by Crippen LogP contribution is -2.40. The van der Waals surface area contributed by atoms with Crippen molar-refractivity contribution >= 4 is 35.3 Å². The normalized spacial score (nSPS) is 15.3. The van der Waals surface area contributed by atoms with Gasteiger partial charge in [-0.25, -0.2) is 0 Å². The molecule has 3 amide bonds. The largest absolute Gasteiger partial charge is 0.483 e. The van der Waals surface area contributed by atoms with E-state index in [0.29, 0.717) is 26.2 Å². The molecule has 0 aromatic heterocycles. The molecule has 2 rings (SSSR count). The number of aliphatic carboxylic acids is 1. The van der Waals surface area contributed by atoms with Gasteiger partial charge in [-0.2, -0.15) is 0 Å². The Hall–Kier alpha value is -3.94. The van der Waals surface area contributed by atoms with Crippen molar-refractivity contribution in [3.63, 3.8) is 0 Å². The van der Waals surface area contributed by atoms with E-state index in [1.165, 1.54) is 38.1 Å². The van der Waals surface area contributed by atoms with Crippen LogP contribution in [0.5, 0.6) is 5.75 Å². The second-order valence-corrected chi connectivity index (χ2v) is 9.09. The van der Waals surface area contributed by atoms with Crippen molar-refractivity contribution in [2.75, 3.05) is 52.8 Å². The number of carboxylic acid groups (broad SMARTS) is 1. The van der Waals surface area contributed by atoms with Gasteiger partial charge in [-0.15, -0.1) is 0 Å². The maximum absolute atomic E-state index is 13.2. The van der Waals surface area contributed by atoms with Crippen molar-refractivity contribution in [2.24, 2.45) is 5.92 Å². The number of carboxylic acids is 1. The smallest absolute Gasteiger partial charge is 0.305 e. The van der Waals surface area contributed by atoms with Gasteiger partial charge in [0.2, 0.25) is 11.8 Å². The Morgan fingerprint density at radius 3 is 2.29 bits per heavy atom. The molecule has 1 fully saturated rings. The minimum atomic E-state index is -0.923. The summed E-state index contributed by atoms with van der Waals surface area (Å²) in [5.74, 6) is -3.66. The molecule has 1 aliphatic rings. The van der Waals surface area contributed by atoms with Crippen LogP contribution in [-0.2, 0) is 33.4 Å². The maximum Gasteiger partial charge on any atom is 0.305 e. The summed E-state index contributed by atoms with van der Waals surface area (Å²) in [5.41, 5.74) is 0.349. The molecule has 41 heavy (non-hydrogen) atoms. The molecular weight excluding hydrogens is 540 g/mol. The van der Waals surface area contributed by atoms with E-state index in [1.807, 2.05) is 0 Å². The lowest BCUT2D eigenvalue weighted by atomic mass is 9.91. The first-order valence-electron chi connectivity index (χ1n) is 13.2. The van der Waals surface area contributed by atoms with E-state index in [2.05, 4.69) is 10.6 Å². The number of Topliss-reactive ketones (excluding diaryl/α,β-unsaturated/α-hetero) is 2. The average molecular weight is 577 g/mol. The van der Waals surface area contributed by atoms with E-state index in [-0.39, 0.29) is 67.6 Å². The zero-order chi connectivity index (χ0) is 30.2.